The first-order valence-electron chi connectivity index (χ1n) is 23.3. The van der Waals surface area contributed by atoms with Crippen molar-refractivity contribution in [3.63, 3.8) is 0 Å². The van der Waals surface area contributed by atoms with Gasteiger partial charge in [0.15, 0.2) is 0 Å². The number of nitrogens with one attached hydrogen (secondary N) is 1. The third-order valence-corrected chi connectivity index (χ3v) is 17.2. The van der Waals surface area contributed by atoms with Crippen LogP contribution >= 0.6 is 11.8 Å². The molecule has 6 aromatic rings. The molecule has 2 spiro atoms. The van der Waals surface area contributed by atoms with Gasteiger partial charge in [-0.1, -0.05) is 172 Å². The van der Waals surface area contributed by atoms with E-state index in [-0.39, 0.29) is 16.9 Å². The number of allylic oxidation sites excluding steroid dienone is 2. The normalized spacial score (nSPS) is 22.4. The van der Waals surface area contributed by atoms with Crippen molar-refractivity contribution in [2.24, 2.45) is 10.9 Å². The Morgan fingerprint density at radius 1 is 0.508 bits per heavy atom. The molecular formula is C58H52N2S. The molecule has 300 valence electrons. The Hall–Kier alpha value is -5.38. The van der Waals surface area contributed by atoms with E-state index >= 15 is 0 Å². The average molecular weight is 809 g/mol. The van der Waals surface area contributed by atoms with Crippen LogP contribution in [0.4, 0.5) is 0 Å². The molecule has 0 saturated heterocycles. The second-order valence-electron chi connectivity index (χ2n) is 19.1. The Balaban J connectivity index is 0.885. The molecule has 2 fully saturated rings. The monoisotopic (exact) mass is 808 g/mol. The van der Waals surface area contributed by atoms with E-state index in [2.05, 4.69) is 145 Å². The topological polar surface area (TPSA) is 24.4 Å². The van der Waals surface area contributed by atoms with Crippen LogP contribution in [-0.4, -0.2) is 5.84 Å². The zero-order valence-corrected chi connectivity index (χ0v) is 35.8. The summed E-state index contributed by atoms with van der Waals surface area (Å²) in [4.78, 5) is 6.83. The lowest BCUT2D eigenvalue weighted by molar-refractivity contribution is 0.350. The molecule has 3 heteroatoms. The molecule has 1 N–H and O–H groups in total. The van der Waals surface area contributed by atoms with Crippen LogP contribution in [-0.2, 0) is 10.8 Å². The van der Waals surface area contributed by atoms with E-state index in [9.17, 15) is 0 Å². The first kappa shape index (κ1) is 36.3. The summed E-state index contributed by atoms with van der Waals surface area (Å²) in [5.74, 6) is 1.46. The van der Waals surface area contributed by atoms with Crippen LogP contribution in [0.3, 0.4) is 0 Å². The lowest BCUT2D eigenvalue weighted by Gasteiger charge is -2.37. The molecule has 0 amide bonds. The fraction of sp³-hybridized carbons (Fsp3) is 0.293. The predicted octanol–water partition coefficient (Wildman–Crippen LogP) is 15.2. The maximum Gasteiger partial charge on any atom is 0.135 e. The van der Waals surface area contributed by atoms with E-state index in [0.29, 0.717) is 5.92 Å². The van der Waals surface area contributed by atoms with Crippen LogP contribution in [0.15, 0.2) is 160 Å². The first-order chi connectivity index (χ1) is 30.2. The SMILES string of the molecule is C1=C2SC3=C(C2CCC1)C(c1ccccc1)NC(c1ccc(-c2cccc(-c4cccc5c4-c4cc6c(cc4C54CCCCC4)-c4ccccc4C64CCCCC4)c2)cc1)=N3. The highest BCUT2D eigenvalue weighted by molar-refractivity contribution is 8.07. The van der Waals surface area contributed by atoms with Gasteiger partial charge in [-0.25, -0.2) is 4.99 Å². The van der Waals surface area contributed by atoms with Gasteiger partial charge in [0.2, 0.25) is 0 Å². The van der Waals surface area contributed by atoms with E-state index in [0.717, 1.165) is 11.4 Å². The molecule has 2 nitrogen and oxygen atoms in total. The number of rotatable bonds is 4. The number of benzene rings is 6. The van der Waals surface area contributed by atoms with Gasteiger partial charge in [0.1, 0.15) is 10.9 Å². The van der Waals surface area contributed by atoms with E-state index < -0.39 is 0 Å². The number of amidine groups is 1. The molecular weight excluding hydrogens is 757 g/mol. The molecule has 6 aromatic carbocycles. The van der Waals surface area contributed by atoms with Gasteiger partial charge in [-0.05, 0) is 146 Å². The van der Waals surface area contributed by atoms with Crippen molar-refractivity contribution in [3.8, 4) is 44.5 Å². The largest absolute Gasteiger partial charge is 0.359 e. The fourth-order valence-electron chi connectivity index (χ4n) is 13.2. The highest BCUT2D eigenvalue weighted by atomic mass is 32.2. The number of hydrogen-bond acceptors (Lipinski definition) is 3. The number of nitrogens with zero attached hydrogens (tertiary/aromatic N) is 1. The predicted molar refractivity (Wildman–Crippen MR) is 255 cm³/mol. The van der Waals surface area contributed by atoms with Gasteiger partial charge in [-0.15, -0.1) is 0 Å². The minimum absolute atomic E-state index is 0.0941. The average Bonchev–Trinajstić information content (AvgIpc) is 3.93. The van der Waals surface area contributed by atoms with Gasteiger partial charge in [0.25, 0.3) is 0 Å². The zero-order chi connectivity index (χ0) is 40.1. The smallest absolute Gasteiger partial charge is 0.135 e. The lowest BCUT2D eigenvalue weighted by Crippen LogP contribution is -2.35. The van der Waals surface area contributed by atoms with Crippen molar-refractivity contribution in [2.45, 2.75) is 100 Å². The van der Waals surface area contributed by atoms with Gasteiger partial charge in [-0.3, -0.25) is 0 Å². The third-order valence-electron chi connectivity index (χ3n) is 16.0. The number of hydrogen-bond donors (Lipinski definition) is 1. The van der Waals surface area contributed by atoms with Crippen LogP contribution in [0.25, 0.3) is 44.5 Å². The van der Waals surface area contributed by atoms with Gasteiger partial charge >= 0.3 is 0 Å². The Morgan fingerprint density at radius 3 is 1.98 bits per heavy atom. The van der Waals surface area contributed by atoms with Gasteiger partial charge in [0, 0.05) is 22.3 Å². The molecule has 2 aliphatic heterocycles. The minimum atomic E-state index is 0.0941. The molecule has 2 unspecified atom stereocenters. The molecule has 0 radical (unpaired) electrons. The molecule has 5 aliphatic carbocycles. The summed E-state index contributed by atoms with van der Waals surface area (Å²) in [5.41, 5.74) is 21.8. The number of aliphatic imine (C=N–C) groups is 1. The van der Waals surface area contributed by atoms with Gasteiger partial charge in [-0.2, -0.15) is 0 Å². The Morgan fingerprint density at radius 2 is 1.16 bits per heavy atom. The Bertz CT molecular complexity index is 2850. The fourth-order valence-corrected chi connectivity index (χ4v) is 14.5. The lowest BCUT2D eigenvalue weighted by atomic mass is 9.66. The summed E-state index contributed by atoms with van der Waals surface area (Å²) >= 11 is 1.91. The van der Waals surface area contributed by atoms with Crippen LogP contribution in [0, 0.1) is 5.92 Å². The van der Waals surface area contributed by atoms with Crippen LogP contribution in [0.2, 0.25) is 0 Å². The van der Waals surface area contributed by atoms with Crippen molar-refractivity contribution < 1.29 is 0 Å². The Kier molecular flexibility index (Phi) is 8.37. The highest BCUT2D eigenvalue weighted by Gasteiger charge is 2.49. The third kappa shape index (κ3) is 5.45. The summed E-state index contributed by atoms with van der Waals surface area (Å²) in [6.07, 6.45) is 19.1. The van der Waals surface area contributed by atoms with Crippen LogP contribution in [0.1, 0.15) is 123 Å². The van der Waals surface area contributed by atoms with Crippen molar-refractivity contribution in [2.75, 3.05) is 0 Å². The van der Waals surface area contributed by atoms with Crippen molar-refractivity contribution in [1.82, 2.24) is 5.32 Å². The number of fused-ring (bicyclic) bond motifs is 12. The van der Waals surface area contributed by atoms with Crippen LogP contribution < -0.4 is 5.32 Å². The molecule has 0 bridgehead atoms. The molecule has 13 rings (SSSR count). The maximum atomic E-state index is 5.33. The maximum absolute atomic E-state index is 5.33. The van der Waals surface area contributed by atoms with Crippen molar-refractivity contribution >= 4 is 17.6 Å². The summed E-state index contributed by atoms with van der Waals surface area (Å²) in [6, 6.07) is 51.8. The number of thioether (sulfide) groups is 1. The van der Waals surface area contributed by atoms with E-state index in [1.54, 1.807) is 22.3 Å². The summed E-state index contributed by atoms with van der Waals surface area (Å²) in [5, 5.41) is 5.13. The van der Waals surface area contributed by atoms with E-state index in [4.69, 9.17) is 4.99 Å². The van der Waals surface area contributed by atoms with E-state index in [1.807, 2.05) is 11.8 Å². The molecule has 2 saturated carbocycles. The summed E-state index contributed by atoms with van der Waals surface area (Å²) in [7, 11) is 0. The van der Waals surface area contributed by atoms with Crippen molar-refractivity contribution in [3.05, 3.63) is 188 Å². The summed E-state index contributed by atoms with van der Waals surface area (Å²) < 4.78 is 0. The van der Waals surface area contributed by atoms with E-state index in [1.165, 1.54) is 149 Å². The Labute approximate surface area is 365 Å². The van der Waals surface area contributed by atoms with Gasteiger partial charge in [0.05, 0.1) is 6.04 Å². The van der Waals surface area contributed by atoms with Crippen LogP contribution in [0.5, 0.6) is 0 Å². The standard InChI is InChI=1S/C58H52N2S/c1-4-16-38(17-5-1)54-53-44-21-7-9-25-51(44)61-56(53)60-55(59-54)39-28-26-37(27-29-39)40-18-14-19-41(34-40)42-22-15-24-48-52(42)46-36-49-45(35-50(46)58(48)32-12-3-13-33-58)43-20-6-8-23-47(43)57(49)30-10-2-11-31-57/h1,4-6,8,14-20,22-29,34-36,44,54H,2-3,7,9-13,21,30-33H2,(H,59,60). The zero-order valence-electron chi connectivity index (χ0n) is 35.0. The quantitative estimate of drug-likeness (QED) is 0.192. The molecule has 2 atom stereocenters. The first-order valence-corrected chi connectivity index (χ1v) is 24.2. The molecule has 0 aromatic heterocycles. The molecule has 61 heavy (non-hydrogen) atoms. The van der Waals surface area contributed by atoms with Gasteiger partial charge < -0.3 is 5.32 Å². The second-order valence-corrected chi connectivity index (χ2v) is 20.1. The summed E-state index contributed by atoms with van der Waals surface area (Å²) in [6.45, 7) is 0. The van der Waals surface area contributed by atoms with Crippen molar-refractivity contribution in [1.29, 1.82) is 0 Å². The second kappa shape index (κ2) is 14.1. The molecule has 2 heterocycles. The highest BCUT2D eigenvalue weighted by Crippen LogP contribution is 2.63. The minimum Gasteiger partial charge on any atom is -0.359 e. The molecule has 7 aliphatic rings.